The second-order valence-electron chi connectivity index (χ2n) is 2.91. The van der Waals surface area contributed by atoms with Crippen molar-refractivity contribution in [2.75, 3.05) is 6.26 Å². The summed E-state index contributed by atoms with van der Waals surface area (Å²) < 4.78 is 22.2. The second-order valence-corrected chi connectivity index (χ2v) is 4.93. The molecule has 0 heterocycles. The summed E-state index contributed by atoms with van der Waals surface area (Å²) in [5.74, 6) is 0. The summed E-state index contributed by atoms with van der Waals surface area (Å²) >= 11 is 0. The van der Waals surface area contributed by atoms with E-state index in [9.17, 15) is 18.5 Å². The molecule has 0 atom stereocenters. The maximum atomic E-state index is 11.1. The molecule has 0 aliphatic rings. The summed E-state index contributed by atoms with van der Waals surface area (Å²) in [6.07, 6.45) is 1.07. The van der Waals surface area contributed by atoms with Gasteiger partial charge in [0.2, 0.25) is 6.54 Å². The molecule has 0 unspecified atom stereocenters. The summed E-state index contributed by atoms with van der Waals surface area (Å²) in [6.45, 7) is -0.358. The Hall–Kier alpha value is -1.43. The van der Waals surface area contributed by atoms with Gasteiger partial charge >= 0.3 is 0 Å². The molecule has 0 N–H and O–H groups in total. The molecule has 0 aliphatic carbocycles. The van der Waals surface area contributed by atoms with Gasteiger partial charge in [0.1, 0.15) is 0 Å². The Morgan fingerprint density at radius 1 is 1.43 bits per heavy atom. The minimum absolute atomic E-state index is 0.108. The zero-order chi connectivity index (χ0) is 10.8. The van der Waals surface area contributed by atoms with Crippen LogP contribution in [0.4, 0.5) is 0 Å². The largest absolute Gasteiger partial charge is 0.264 e. The lowest BCUT2D eigenvalue weighted by molar-refractivity contribution is -0.496. The predicted molar refractivity (Wildman–Crippen MR) is 50.3 cm³/mol. The lowest BCUT2D eigenvalue weighted by Crippen LogP contribution is -2.01. The first-order valence-corrected chi connectivity index (χ1v) is 5.69. The maximum Gasteiger partial charge on any atom is 0.228 e. The van der Waals surface area contributed by atoms with E-state index >= 15 is 0 Å². The van der Waals surface area contributed by atoms with Crippen molar-refractivity contribution in [3.05, 3.63) is 39.9 Å². The van der Waals surface area contributed by atoms with Crippen LogP contribution in [-0.4, -0.2) is 19.6 Å². The van der Waals surface area contributed by atoms with Crippen molar-refractivity contribution in [2.24, 2.45) is 0 Å². The molecule has 6 heteroatoms. The molecule has 0 amide bonds. The van der Waals surface area contributed by atoms with Gasteiger partial charge in [0.05, 0.1) is 4.90 Å². The van der Waals surface area contributed by atoms with Gasteiger partial charge in [-0.2, -0.15) is 0 Å². The fourth-order valence-electron chi connectivity index (χ4n) is 1.02. The number of nitrogens with zero attached hydrogens (tertiary/aromatic N) is 1. The van der Waals surface area contributed by atoms with E-state index in [1.54, 1.807) is 0 Å². The highest BCUT2D eigenvalue weighted by molar-refractivity contribution is 7.90. The van der Waals surface area contributed by atoms with Crippen LogP contribution in [0.15, 0.2) is 29.2 Å². The summed E-state index contributed by atoms with van der Waals surface area (Å²) in [6, 6.07) is 5.75. The standard InChI is InChI=1S/C8H9NO4S/c1-14(12,13)8-4-2-3-7(5-8)6-9(10)11/h2-5H,6H2,1H3. The van der Waals surface area contributed by atoms with Crippen molar-refractivity contribution in [3.8, 4) is 0 Å². The molecule has 5 nitrogen and oxygen atoms in total. The van der Waals surface area contributed by atoms with Gasteiger partial charge in [-0.15, -0.1) is 0 Å². The number of hydrogen-bond donors (Lipinski definition) is 0. The molecule has 14 heavy (non-hydrogen) atoms. The zero-order valence-corrected chi connectivity index (χ0v) is 8.32. The van der Waals surface area contributed by atoms with E-state index in [2.05, 4.69) is 0 Å². The lowest BCUT2D eigenvalue weighted by Gasteiger charge is -1.99. The van der Waals surface area contributed by atoms with Gasteiger partial charge in [-0.25, -0.2) is 8.42 Å². The minimum atomic E-state index is -3.28. The predicted octanol–water partition coefficient (Wildman–Crippen LogP) is 0.867. The summed E-state index contributed by atoms with van der Waals surface area (Å²) in [7, 11) is -3.28. The SMILES string of the molecule is CS(=O)(=O)c1cccc(C[N+](=O)[O-])c1. The van der Waals surface area contributed by atoms with Crippen molar-refractivity contribution in [1.82, 2.24) is 0 Å². The molecule has 1 aromatic carbocycles. The normalized spacial score (nSPS) is 11.2. The van der Waals surface area contributed by atoms with E-state index in [-0.39, 0.29) is 11.4 Å². The van der Waals surface area contributed by atoms with Crippen molar-refractivity contribution >= 4 is 9.84 Å². The maximum absolute atomic E-state index is 11.1. The number of rotatable bonds is 3. The van der Waals surface area contributed by atoms with Crippen molar-refractivity contribution < 1.29 is 13.3 Å². The Balaban J connectivity index is 3.08. The Bertz CT molecular complexity index is 452. The molecule has 0 radical (unpaired) electrons. The van der Waals surface area contributed by atoms with Crippen LogP contribution in [0.5, 0.6) is 0 Å². The molecular formula is C8H9NO4S. The molecule has 0 fully saturated rings. The first kappa shape index (κ1) is 10.6. The van der Waals surface area contributed by atoms with E-state index in [1.807, 2.05) is 0 Å². The Morgan fingerprint density at radius 3 is 2.57 bits per heavy atom. The number of hydrogen-bond acceptors (Lipinski definition) is 4. The Kier molecular flexibility index (Phi) is 2.85. The fraction of sp³-hybridized carbons (Fsp3) is 0.250. The Morgan fingerprint density at radius 2 is 2.07 bits per heavy atom. The molecule has 0 saturated heterocycles. The molecule has 0 spiro atoms. The van der Waals surface area contributed by atoms with Gasteiger partial charge in [-0.1, -0.05) is 12.1 Å². The number of nitro groups is 1. The molecule has 76 valence electrons. The third-order valence-electron chi connectivity index (χ3n) is 1.64. The van der Waals surface area contributed by atoms with Gasteiger partial charge in [0.25, 0.3) is 0 Å². The highest BCUT2D eigenvalue weighted by atomic mass is 32.2. The highest BCUT2D eigenvalue weighted by Gasteiger charge is 2.09. The quantitative estimate of drug-likeness (QED) is 0.553. The third kappa shape index (κ3) is 2.81. The minimum Gasteiger partial charge on any atom is -0.264 e. The summed E-state index contributed by atoms with van der Waals surface area (Å²) in [5, 5.41) is 10.2. The molecule has 1 aromatic rings. The van der Waals surface area contributed by atoms with E-state index < -0.39 is 14.8 Å². The van der Waals surface area contributed by atoms with Crippen LogP contribution in [0.2, 0.25) is 0 Å². The number of benzene rings is 1. The molecule has 1 rings (SSSR count). The van der Waals surface area contributed by atoms with Gasteiger partial charge in [0.15, 0.2) is 9.84 Å². The zero-order valence-electron chi connectivity index (χ0n) is 7.50. The van der Waals surface area contributed by atoms with Crippen LogP contribution in [0.25, 0.3) is 0 Å². The van der Waals surface area contributed by atoms with Crippen LogP contribution < -0.4 is 0 Å². The van der Waals surface area contributed by atoms with E-state index in [1.165, 1.54) is 24.3 Å². The topological polar surface area (TPSA) is 77.3 Å². The van der Waals surface area contributed by atoms with Gasteiger partial charge < -0.3 is 0 Å². The van der Waals surface area contributed by atoms with Crippen LogP contribution >= 0.6 is 0 Å². The van der Waals surface area contributed by atoms with E-state index in [0.717, 1.165) is 6.26 Å². The van der Waals surface area contributed by atoms with Crippen molar-refractivity contribution in [2.45, 2.75) is 11.4 Å². The fourth-order valence-corrected chi connectivity index (χ4v) is 1.71. The third-order valence-corrected chi connectivity index (χ3v) is 2.75. The van der Waals surface area contributed by atoms with E-state index in [0.29, 0.717) is 5.56 Å². The number of sulfone groups is 1. The second kappa shape index (κ2) is 3.75. The monoisotopic (exact) mass is 215 g/mol. The van der Waals surface area contributed by atoms with Crippen LogP contribution in [0, 0.1) is 10.1 Å². The molecule has 0 bridgehead atoms. The van der Waals surface area contributed by atoms with Crippen molar-refractivity contribution in [1.29, 1.82) is 0 Å². The Labute approximate surface area is 81.4 Å². The summed E-state index contributed by atoms with van der Waals surface area (Å²) in [5.41, 5.74) is 0.387. The first-order valence-electron chi connectivity index (χ1n) is 3.80. The highest BCUT2D eigenvalue weighted by Crippen LogP contribution is 2.11. The summed E-state index contributed by atoms with van der Waals surface area (Å²) in [4.78, 5) is 9.80. The van der Waals surface area contributed by atoms with E-state index in [4.69, 9.17) is 0 Å². The average Bonchev–Trinajstić information content (AvgIpc) is 2.01. The van der Waals surface area contributed by atoms with Gasteiger partial charge in [0, 0.05) is 16.7 Å². The molecule has 0 saturated carbocycles. The van der Waals surface area contributed by atoms with Crippen LogP contribution in [0.3, 0.4) is 0 Å². The van der Waals surface area contributed by atoms with Crippen LogP contribution in [0.1, 0.15) is 5.56 Å². The van der Waals surface area contributed by atoms with Crippen molar-refractivity contribution in [3.63, 3.8) is 0 Å². The van der Waals surface area contributed by atoms with Gasteiger partial charge in [-0.05, 0) is 12.1 Å². The van der Waals surface area contributed by atoms with Crippen LogP contribution in [-0.2, 0) is 16.4 Å². The first-order chi connectivity index (χ1) is 6.39. The molecule has 0 aromatic heterocycles. The molecular weight excluding hydrogens is 206 g/mol. The average molecular weight is 215 g/mol. The molecule has 0 aliphatic heterocycles. The van der Waals surface area contributed by atoms with Gasteiger partial charge in [-0.3, -0.25) is 10.1 Å². The smallest absolute Gasteiger partial charge is 0.228 e. The lowest BCUT2D eigenvalue weighted by atomic mass is 10.2.